The molecule has 0 aliphatic carbocycles. The summed E-state index contributed by atoms with van der Waals surface area (Å²) in [5, 5.41) is 23.7. The Morgan fingerprint density at radius 3 is 2.75 bits per heavy atom. The first-order chi connectivity index (χ1) is 9.47. The topological polar surface area (TPSA) is 75.4 Å². The molecular weight excluding hydrogens is 324 g/mol. The van der Waals surface area contributed by atoms with Crippen LogP contribution in [0.25, 0.3) is 0 Å². The van der Waals surface area contributed by atoms with Gasteiger partial charge in [-0.05, 0) is 36.8 Å². The highest BCUT2D eigenvalue weighted by Crippen LogP contribution is 2.28. The van der Waals surface area contributed by atoms with Crippen LogP contribution in [0.5, 0.6) is 5.75 Å². The molecule has 2 N–H and O–H groups in total. The molecule has 0 saturated carbocycles. The summed E-state index contributed by atoms with van der Waals surface area (Å²) < 4.78 is 0.838. The molecule has 0 radical (unpaired) electrons. The van der Waals surface area contributed by atoms with Crippen LogP contribution in [0, 0.1) is 17.0 Å². The van der Waals surface area contributed by atoms with Crippen molar-refractivity contribution in [2.24, 2.45) is 0 Å². The number of phenols is 1. The molecule has 0 heterocycles. The van der Waals surface area contributed by atoms with Crippen molar-refractivity contribution in [3.63, 3.8) is 0 Å². The molecule has 2 rings (SSSR count). The molecule has 0 aromatic heterocycles. The van der Waals surface area contributed by atoms with Gasteiger partial charge in [0, 0.05) is 22.6 Å². The van der Waals surface area contributed by atoms with Crippen molar-refractivity contribution >= 4 is 27.3 Å². The van der Waals surface area contributed by atoms with Gasteiger partial charge in [-0.1, -0.05) is 22.0 Å². The van der Waals surface area contributed by atoms with E-state index in [-0.39, 0.29) is 11.4 Å². The zero-order chi connectivity index (χ0) is 14.7. The fourth-order valence-corrected chi connectivity index (χ4v) is 2.24. The van der Waals surface area contributed by atoms with Crippen molar-refractivity contribution < 1.29 is 10.0 Å². The van der Waals surface area contributed by atoms with Gasteiger partial charge in [-0.25, -0.2) is 0 Å². The summed E-state index contributed by atoms with van der Waals surface area (Å²) in [5.41, 5.74) is 1.95. The number of halogens is 1. The van der Waals surface area contributed by atoms with Crippen LogP contribution < -0.4 is 5.32 Å². The van der Waals surface area contributed by atoms with E-state index in [0.717, 1.165) is 10.0 Å². The van der Waals surface area contributed by atoms with Gasteiger partial charge in [0.2, 0.25) is 0 Å². The first-order valence-corrected chi connectivity index (χ1v) is 6.73. The van der Waals surface area contributed by atoms with Gasteiger partial charge in [-0.3, -0.25) is 10.1 Å². The third kappa shape index (κ3) is 3.27. The molecule has 0 aliphatic rings. The number of nitrogens with zero attached hydrogens (tertiary/aromatic N) is 1. The second kappa shape index (κ2) is 5.92. The summed E-state index contributed by atoms with van der Waals surface area (Å²) in [5.74, 6) is 0.149. The summed E-state index contributed by atoms with van der Waals surface area (Å²) in [6.45, 7) is 2.10. The molecule has 0 fully saturated rings. The Bertz CT molecular complexity index is 659. The number of nitro benzene ring substituents is 1. The number of hydrogen-bond donors (Lipinski definition) is 2. The maximum Gasteiger partial charge on any atom is 0.292 e. The van der Waals surface area contributed by atoms with Gasteiger partial charge in [0.05, 0.1) is 4.92 Å². The van der Waals surface area contributed by atoms with E-state index in [4.69, 9.17) is 0 Å². The molecule has 20 heavy (non-hydrogen) atoms. The summed E-state index contributed by atoms with van der Waals surface area (Å²) >= 11 is 3.32. The van der Waals surface area contributed by atoms with E-state index in [1.54, 1.807) is 37.3 Å². The number of aromatic hydroxyl groups is 1. The number of nitro groups is 1. The highest BCUT2D eigenvalue weighted by Gasteiger charge is 2.13. The van der Waals surface area contributed by atoms with Crippen LogP contribution in [0.3, 0.4) is 0 Å². The predicted octanol–water partition coefficient (Wildman–Crippen LogP) is 3.98. The number of hydrogen-bond acceptors (Lipinski definition) is 4. The molecule has 2 aromatic carbocycles. The third-order valence-corrected chi connectivity index (χ3v) is 3.35. The molecule has 5 nitrogen and oxygen atoms in total. The number of benzene rings is 2. The van der Waals surface area contributed by atoms with E-state index in [1.807, 2.05) is 0 Å². The van der Waals surface area contributed by atoms with Crippen molar-refractivity contribution in [1.29, 1.82) is 0 Å². The third-order valence-electron chi connectivity index (χ3n) is 2.86. The van der Waals surface area contributed by atoms with Gasteiger partial charge >= 0.3 is 0 Å². The normalized spacial score (nSPS) is 10.3. The summed E-state index contributed by atoms with van der Waals surface area (Å²) in [7, 11) is 0. The molecule has 0 aliphatic heterocycles. The Balaban J connectivity index is 2.23. The minimum absolute atomic E-state index is 0.0273. The lowest BCUT2D eigenvalue weighted by molar-refractivity contribution is -0.384. The zero-order valence-electron chi connectivity index (χ0n) is 10.8. The number of phenolic OH excluding ortho intramolecular Hbond substituents is 1. The average molecular weight is 337 g/mol. The predicted molar refractivity (Wildman–Crippen MR) is 81.0 cm³/mol. The molecule has 0 amide bonds. The van der Waals surface area contributed by atoms with Crippen LogP contribution in [-0.2, 0) is 6.54 Å². The lowest BCUT2D eigenvalue weighted by Crippen LogP contribution is -2.03. The smallest absolute Gasteiger partial charge is 0.292 e. The van der Waals surface area contributed by atoms with Gasteiger partial charge in [0.1, 0.15) is 11.4 Å². The quantitative estimate of drug-likeness (QED) is 0.654. The summed E-state index contributed by atoms with van der Waals surface area (Å²) in [6, 6.07) is 10.1. The van der Waals surface area contributed by atoms with Gasteiger partial charge in [-0.2, -0.15) is 0 Å². The van der Waals surface area contributed by atoms with Crippen LogP contribution in [0.4, 0.5) is 11.4 Å². The van der Waals surface area contributed by atoms with Gasteiger partial charge in [-0.15, -0.1) is 0 Å². The molecule has 0 saturated heterocycles. The van der Waals surface area contributed by atoms with E-state index in [0.29, 0.717) is 17.8 Å². The maximum absolute atomic E-state index is 11.0. The van der Waals surface area contributed by atoms with Gasteiger partial charge < -0.3 is 10.4 Å². The highest BCUT2D eigenvalue weighted by atomic mass is 79.9. The standard InChI is InChI=1S/C14H13BrN2O3/c1-9-2-4-12(13(6-9)17(19)20)16-8-10-7-11(15)3-5-14(10)18/h2-7,16,18H,8H2,1H3. The van der Waals surface area contributed by atoms with Crippen LogP contribution in [0.2, 0.25) is 0 Å². The summed E-state index contributed by atoms with van der Waals surface area (Å²) in [4.78, 5) is 10.6. The zero-order valence-corrected chi connectivity index (χ0v) is 12.3. The Kier molecular flexibility index (Phi) is 4.24. The van der Waals surface area contributed by atoms with Crippen molar-refractivity contribution in [2.75, 3.05) is 5.32 Å². The van der Waals surface area contributed by atoms with E-state index in [2.05, 4.69) is 21.2 Å². The second-order valence-corrected chi connectivity index (χ2v) is 5.32. The van der Waals surface area contributed by atoms with E-state index in [1.165, 1.54) is 6.07 Å². The molecule has 0 spiro atoms. The van der Waals surface area contributed by atoms with Crippen LogP contribution in [0.1, 0.15) is 11.1 Å². The number of anilines is 1. The lowest BCUT2D eigenvalue weighted by atomic mass is 10.1. The largest absolute Gasteiger partial charge is 0.508 e. The molecule has 0 bridgehead atoms. The second-order valence-electron chi connectivity index (χ2n) is 4.40. The Morgan fingerprint density at radius 2 is 2.05 bits per heavy atom. The van der Waals surface area contributed by atoms with Crippen LogP contribution >= 0.6 is 15.9 Å². The molecule has 2 aromatic rings. The minimum Gasteiger partial charge on any atom is -0.508 e. The van der Waals surface area contributed by atoms with Crippen LogP contribution in [-0.4, -0.2) is 10.0 Å². The molecular formula is C14H13BrN2O3. The number of nitrogens with one attached hydrogen (secondary N) is 1. The SMILES string of the molecule is Cc1ccc(NCc2cc(Br)ccc2O)c([N+](=O)[O-])c1. The highest BCUT2D eigenvalue weighted by molar-refractivity contribution is 9.10. The van der Waals surface area contributed by atoms with E-state index in [9.17, 15) is 15.2 Å². The molecule has 6 heteroatoms. The Hall–Kier alpha value is -2.08. The first-order valence-electron chi connectivity index (χ1n) is 5.93. The van der Waals surface area contributed by atoms with Crippen molar-refractivity contribution in [3.8, 4) is 5.75 Å². The van der Waals surface area contributed by atoms with Crippen molar-refractivity contribution in [2.45, 2.75) is 13.5 Å². The van der Waals surface area contributed by atoms with Crippen molar-refractivity contribution in [3.05, 3.63) is 62.1 Å². The number of aryl methyl sites for hydroxylation is 1. The average Bonchev–Trinajstić information content (AvgIpc) is 2.40. The van der Waals surface area contributed by atoms with E-state index < -0.39 is 4.92 Å². The molecule has 0 unspecified atom stereocenters. The lowest BCUT2D eigenvalue weighted by Gasteiger charge is -2.09. The van der Waals surface area contributed by atoms with Crippen LogP contribution in [0.15, 0.2) is 40.9 Å². The first kappa shape index (κ1) is 14.3. The monoisotopic (exact) mass is 336 g/mol. The van der Waals surface area contributed by atoms with E-state index >= 15 is 0 Å². The Morgan fingerprint density at radius 1 is 1.30 bits per heavy atom. The Labute approximate surface area is 124 Å². The minimum atomic E-state index is -0.421. The number of rotatable bonds is 4. The van der Waals surface area contributed by atoms with Gasteiger partial charge in [0.25, 0.3) is 5.69 Å². The van der Waals surface area contributed by atoms with Crippen molar-refractivity contribution in [1.82, 2.24) is 0 Å². The molecule has 104 valence electrons. The fourth-order valence-electron chi connectivity index (χ4n) is 1.83. The van der Waals surface area contributed by atoms with Gasteiger partial charge in [0.15, 0.2) is 0 Å². The fraction of sp³-hybridized carbons (Fsp3) is 0.143. The maximum atomic E-state index is 11.0. The summed E-state index contributed by atoms with van der Waals surface area (Å²) in [6.07, 6.45) is 0. The molecule has 0 atom stereocenters.